The molecular weight excluding hydrogens is 216 g/mol. The van der Waals surface area contributed by atoms with E-state index in [1.807, 2.05) is 13.8 Å². The van der Waals surface area contributed by atoms with Crippen LogP contribution in [-0.4, -0.2) is 70.5 Å². The summed E-state index contributed by atoms with van der Waals surface area (Å²) in [5.74, 6) is 0. The molecule has 0 bridgehead atoms. The fraction of sp³-hybridized carbons (Fsp3) is 1.00. The van der Waals surface area contributed by atoms with E-state index in [0.29, 0.717) is 6.04 Å². The molecule has 0 aromatic rings. The van der Waals surface area contributed by atoms with Crippen LogP contribution in [0, 0.1) is 0 Å². The quantitative estimate of drug-likeness (QED) is 0.747. The molecule has 1 aliphatic heterocycles. The maximum Gasteiger partial charge on any atom is 0.0718 e. The highest BCUT2D eigenvalue weighted by molar-refractivity contribution is 4.88. The molecule has 0 aromatic carbocycles. The van der Waals surface area contributed by atoms with Gasteiger partial charge in [0.2, 0.25) is 0 Å². The Hall–Kier alpha value is -0.160. The van der Waals surface area contributed by atoms with E-state index in [4.69, 9.17) is 0 Å². The van der Waals surface area contributed by atoms with Crippen LogP contribution >= 0.6 is 0 Å². The molecule has 0 radical (unpaired) electrons. The first-order valence-corrected chi connectivity index (χ1v) is 6.82. The molecule has 1 aliphatic carbocycles. The fourth-order valence-electron chi connectivity index (χ4n) is 3.15. The number of rotatable bonds is 3. The van der Waals surface area contributed by atoms with E-state index in [1.54, 1.807) is 0 Å². The lowest BCUT2D eigenvalue weighted by Crippen LogP contribution is -2.54. The number of piperazine rings is 1. The molecule has 0 amide bonds. The van der Waals surface area contributed by atoms with Gasteiger partial charge in [-0.15, -0.1) is 0 Å². The predicted molar refractivity (Wildman–Crippen MR) is 68.0 cm³/mol. The van der Waals surface area contributed by atoms with Gasteiger partial charge >= 0.3 is 0 Å². The van der Waals surface area contributed by atoms with Gasteiger partial charge in [0.1, 0.15) is 0 Å². The summed E-state index contributed by atoms with van der Waals surface area (Å²) in [5.41, 5.74) is -0.602. The number of β-amino-alcohol motifs (C(OH)–C–C–N with tert-alkyl or cyclic N) is 1. The molecular formula is C13H26N2O2. The second-order valence-corrected chi connectivity index (χ2v) is 6.19. The molecule has 2 aliphatic rings. The Morgan fingerprint density at radius 3 is 2.24 bits per heavy atom. The third-order valence-corrected chi connectivity index (χ3v) is 3.93. The molecule has 0 spiro atoms. The third kappa shape index (κ3) is 3.65. The van der Waals surface area contributed by atoms with Gasteiger partial charge in [-0.05, 0) is 33.1 Å². The van der Waals surface area contributed by atoms with E-state index in [9.17, 15) is 10.2 Å². The van der Waals surface area contributed by atoms with Gasteiger partial charge in [0.15, 0.2) is 0 Å². The largest absolute Gasteiger partial charge is 0.391 e. The molecule has 2 N–H and O–H groups in total. The summed E-state index contributed by atoms with van der Waals surface area (Å²) in [5, 5.41) is 19.7. The van der Waals surface area contributed by atoms with Gasteiger partial charge in [0, 0.05) is 38.8 Å². The van der Waals surface area contributed by atoms with E-state index < -0.39 is 5.60 Å². The van der Waals surface area contributed by atoms with Crippen molar-refractivity contribution < 1.29 is 10.2 Å². The maximum absolute atomic E-state index is 9.90. The predicted octanol–water partition coefficient (Wildman–Crippen LogP) is 0.288. The van der Waals surface area contributed by atoms with Crippen molar-refractivity contribution in [2.45, 2.75) is 50.9 Å². The highest BCUT2D eigenvalue weighted by atomic mass is 16.3. The van der Waals surface area contributed by atoms with Crippen molar-refractivity contribution >= 4 is 0 Å². The average Bonchev–Trinajstić information content (AvgIpc) is 2.63. The minimum Gasteiger partial charge on any atom is -0.391 e. The Morgan fingerprint density at radius 1 is 1.12 bits per heavy atom. The summed E-state index contributed by atoms with van der Waals surface area (Å²) in [6.07, 6.45) is 3.16. The SMILES string of the molecule is CC(C)(O)CN1CCN(C2CCCC2O)CC1. The minimum atomic E-state index is -0.602. The van der Waals surface area contributed by atoms with Gasteiger partial charge in [-0.25, -0.2) is 0 Å². The zero-order chi connectivity index (χ0) is 12.5. The molecule has 4 heteroatoms. The summed E-state index contributed by atoms with van der Waals surface area (Å²) in [6.45, 7) is 8.53. The minimum absolute atomic E-state index is 0.115. The van der Waals surface area contributed by atoms with Crippen LogP contribution in [0.5, 0.6) is 0 Å². The number of hydrogen-bond donors (Lipinski definition) is 2. The Morgan fingerprint density at radius 2 is 1.76 bits per heavy atom. The zero-order valence-corrected chi connectivity index (χ0v) is 11.1. The first-order valence-electron chi connectivity index (χ1n) is 6.82. The van der Waals surface area contributed by atoms with E-state index in [2.05, 4.69) is 9.80 Å². The van der Waals surface area contributed by atoms with Gasteiger partial charge in [-0.1, -0.05) is 0 Å². The monoisotopic (exact) mass is 242 g/mol. The molecule has 4 nitrogen and oxygen atoms in total. The van der Waals surface area contributed by atoms with Crippen LogP contribution in [0.3, 0.4) is 0 Å². The number of hydrogen-bond acceptors (Lipinski definition) is 4. The summed E-state index contributed by atoms with van der Waals surface area (Å²) < 4.78 is 0. The second-order valence-electron chi connectivity index (χ2n) is 6.19. The molecule has 2 atom stereocenters. The van der Waals surface area contributed by atoms with Crippen molar-refractivity contribution in [1.29, 1.82) is 0 Å². The van der Waals surface area contributed by atoms with Crippen molar-refractivity contribution in [1.82, 2.24) is 9.80 Å². The zero-order valence-electron chi connectivity index (χ0n) is 11.1. The summed E-state index contributed by atoms with van der Waals surface area (Å²) in [6, 6.07) is 0.388. The van der Waals surface area contributed by atoms with Gasteiger partial charge in [0.25, 0.3) is 0 Å². The van der Waals surface area contributed by atoms with Crippen molar-refractivity contribution in [3.05, 3.63) is 0 Å². The lowest BCUT2D eigenvalue weighted by Gasteiger charge is -2.40. The maximum atomic E-state index is 9.90. The first-order chi connectivity index (χ1) is 7.96. The van der Waals surface area contributed by atoms with Crippen molar-refractivity contribution in [3.8, 4) is 0 Å². The standard InChI is InChI=1S/C13H26N2O2/c1-13(2,17)10-14-6-8-15(9-7-14)11-4-3-5-12(11)16/h11-12,16-17H,3-10H2,1-2H3. The van der Waals surface area contributed by atoms with E-state index >= 15 is 0 Å². The van der Waals surface area contributed by atoms with Crippen LogP contribution < -0.4 is 0 Å². The Balaban J connectivity index is 1.78. The lowest BCUT2D eigenvalue weighted by molar-refractivity contribution is -0.00328. The van der Waals surface area contributed by atoms with Gasteiger partial charge < -0.3 is 10.2 Å². The molecule has 2 rings (SSSR count). The molecule has 2 fully saturated rings. The number of aliphatic hydroxyl groups is 2. The number of aliphatic hydroxyl groups excluding tert-OH is 1. The highest BCUT2D eigenvalue weighted by Gasteiger charge is 2.33. The molecule has 2 unspecified atom stereocenters. The first kappa shape index (κ1) is 13.3. The molecule has 100 valence electrons. The van der Waals surface area contributed by atoms with Crippen LogP contribution in [0.1, 0.15) is 33.1 Å². The number of nitrogens with zero attached hydrogens (tertiary/aromatic N) is 2. The van der Waals surface area contributed by atoms with E-state index in [-0.39, 0.29) is 6.10 Å². The molecule has 17 heavy (non-hydrogen) atoms. The molecule has 1 saturated carbocycles. The Bertz CT molecular complexity index is 244. The van der Waals surface area contributed by atoms with Gasteiger partial charge in [0.05, 0.1) is 11.7 Å². The summed E-state index contributed by atoms with van der Waals surface area (Å²) >= 11 is 0. The second kappa shape index (κ2) is 5.22. The van der Waals surface area contributed by atoms with Crippen LogP contribution in [0.25, 0.3) is 0 Å². The van der Waals surface area contributed by atoms with Crippen molar-refractivity contribution in [3.63, 3.8) is 0 Å². The molecule has 0 aromatic heterocycles. The fourth-order valence-corrected chi connectivity index (χ4v) is 3.15. The summed E-state index contributed by atoms with van der Waals surface area (Å²) in [4.78, 5) is 4.75. The van der Waals surface area contributed by atoms with Crippen LogP contribution in [0.15, 0.2) is 0 Å². The topological polar surface area (TPSA) is 46.9 Å². The third-order valence-electron chi connectivity index (χ3n) is 3.93. The van der Waals surface area contributed by atoms with Crippen LogP contribution in [0.2, 0.25) is 0 Å². The van der Waals surface area contributed by atoms with E-state index in [1.165, 1.54) is 0 Å². The average molecular weight is 242 g/mol. The molecule has 1 saturated heterocycles. The molecule has 1 heterocycles. The van der Waals surface area contributed by atoms with Crippen molar-refractivity contribution in [2.75, 3.05) is 32.7 Å². The smallest absolute Gasteiger partial charge is 0.0718 e. The Labute approximate surface area is 104 Å². The summed E-state index contributed by atoms with van der Waals surface area (Å²) in [7, 11) is 0. The Kier molecular flexibility index (Phi) is 4.08. The van der Waals surface area contributed by atoms with Crippen LogP contribution in [0.4, 0.5) is 0 Å². The van der Waals surface area contributed by atoms with Crippen molar-refractivity contribution in [2.24, 2.45) is 0 Å². The van der Waals surface area contributed by atoms with Crippen LogP contribution in [-0.2, 0) is 0 Å². The van der Waals surface area contributed by atoms with Gasteiger partial charge in [-0.2, -0.15) is 0 Å². The van der Waals surface area contributed by atoms with E-state index in [0.717, 1.165) is 52.0 Å². The normalized spacial score (nSPS) is 33.2. The highest BCUT2D eigenvalue weighted by Crippen LogP contribution is 2.25. The lowest BCUT2D eigenvalue weighted by atomic mass is 10.1. The van der Waals surface area contributed by atoms with Gasteiger partial charge in [-0.3, -0.25) is 9.80 Å².